The van der Waals surface area contributed by atoms with Gasteiger partial charge in [0, 0.05) is 30.3 Å². The quantitative estimate of drug-likeness (QED) is 0.321. The molecule has 184 valence electrons. The molecule has 2 aromatic carbocycles. The zero-order valence-corrected chi connectivity index (χ0v) is 20.0. The Morgan fingerprint density at radius 2 is 1.94 bits per heavy atom. The van der Waals surface area contributed by atoms with Gasteiger partial charge >= 0.3 is 0 Å². The minimum Gasteiger partial charge on any atom is -0.437 e. The van der Waals surface area contributed by atoms with Crippen LogP contribution in [0.3, 0.4) is 0 Å². The van der Waals surface area contributed by atoms with Crippen molar-refractivity contribution in [3.8, 4) is 17.3 Å². The second-order valence-electron chi connectivity index (χ2n) is 8.16. The molecule has 0 aliphatic heterocycles. The summed E-state index contributed by atoms with van der Waals surface area (Å²) in [5, 5.41) is 18.7. The van der Waals surface area contributed by atoms with Crippen LogP contribution in [0.15, 0.2) is 53.4 Å². The Hall–Kier alpha value is -3.77. The number of amides is 1. The lowest BCUT2D eigenvalue weighted by Gasteiger charge is -2.14. The molecule has 1 aromatic heterocycles. The maximum absolute atomic E-state index is 13.0. The largest absolute Gasteiger partial charge is 0.437 e. The molecule has 11 nitrogen and oxygen atoms in total. The van der Waals surface area contributed by atoms with E-state index in [4.69, 9.17) is 4.74 Å². The number of hydrogen-bond donors (Lipinski definition) is 2. The molecule has 3 aromatic rings. The number of hydrogen-bond acceptors (Lipinski definition) is 7. The van der Waals surface area contributed by atoms with Gasteiger partial charge in [-0.3, -0.25) is 14.9 Å². The Morgan fingerprint density at radius 3 is 2.57 bits per heavy atom. The molecule has 0 saturated heterocycles. The minimum absolute atomic E-state index is 0.115. The standard InChI is InChI=1S/C23H25N5O6S/c1-3-13-24-35(32,33)20-14-18(28(30)31)11-12-19(20)34-23-15(2)21(22(29)25-16-9-10-16)26-27(23)17-7-5-4-6-8-17/h4-8,11-12,14,16,24H,3,9-10,13H2,1-2H3,(H,25,29). The molecule has 1 amide bonds. The highest BCUT2D eigenvalue weighted by atomic mass is 32.2. The molecule has 1 fully saturated rings. The van der Waals surface area contributed by atoms with Crippen LogP contribution in [0.4, 0.5) is 5.69 Å². The summed E-state index contributed by atoms with van der Waals surface area (Å²) in [5.41, 5.74) is 0.736. The first-order valence-electron chi connectivity index (χ1n) is 11.1. The van der Waals surface area contributed by atoms with E-state index >= 15 is 0 Å². The fourth-order valence-corrected chi connectivity index (χ4v) is 4.64. The Bertz CT molecular complexity index is 1370. The van der Waals surface area contributed by atoms with Crippen LogP contribution in [-0.4, -0.2) is 41.6 Å². The summed E-state index contributed by atoms with van der Waals surface area (Å²) < 4.78 is 35.8. The number of benzene rings is 2. The summed E-state index contributed by atoms with van der Waals surface area (Å²) in [6.07, 6.45) is 2.34. The average molecular weight is 500 g/mol. The number of para-hydroxylation sites is 1. The summed E-state index contributed by atoms with van der Waals surface area (Å²) in [6, 6.07) is 12.4. The molecular weight excluding hydrogens is 474 g/mol. The number of aromatic nitrogens is 2. The van der Waals surface area contributed by atoms with Gasteiger partial charge in [0.05, 0.1) is 10.6 Å². The first kappa shape index (κ1) is 24.4. The smallest absolute Gasteiger partial charge is 0.272 e. The second kappa shape index (κ2) is 9.84. The van der Waals surface area contributed by atoms with Crippen molar-refractivity contribution in [1.29, 1.82) is 0 Å². The lowest BCUT2D eigenvalue weighted by atomic mass is 10.2. The summed E-state index contributed by atoms with van der Waals surface area (Å²) in [5.74, 6) is -0.364. The van der Waals surface area contributed by atoms with E-state index in [9.17, 15) is 23.3 Å². The van der Waals surface area contributed by atoms with Gasteiger partial charge in [-0.1, -0.05) is 25.1 Å². The average Bonchev–Trinajstić information content (AvgIpc) is 3.60. The third kappa shape index (κ3) is 5.33. The number of carbonyl (C=O) groups excluding carboxylic acids is 1. The Morgan fingerprint density at radius 1 is 1.23 bits per heavy atom. The van der Waals surface area contributed by atoms with E-state index in [1.807, 2.05) is 6.07 Å². The fraction of sp³-hybridized carbons (Fsp3) is 0.304. The van der Waals surface area contributed by atoms with Crippen LogP contribution in [0.25, 0.3) is 5.69 Å². The maximum atomic E-state index is 13.0. The van der Waals surface area contributed by atoms with Crippen LogP contribution in [0, 0.1) is 17.0 Å². The van der Waals surface area contributed by atoms with E-state index < -0.39 is 20.6 Å². The molecule has 0 spiro atoms. The third-order valence-corrected chi connectivity index (χ3v) is 6.86. The number of rotatable bonds is 10. The monoisotopic (exact) mass is 499 g/mol. The number of ether oxygens (including phenoxy) is 1. The first-order valence-corrected chi connectivity index (χ1v) is 12.6. The first-order chi connectivity index (χ1) is 16.7. The lowest BCUT2D eigenvalue weighted by Crippen LogP contribution is -2.26. The Balaban J connectivity index is 1.82. The van der Waals surface area contributed by atoms with Gasteiger partial charge in [0.25, 0.3) is 11.6 Å². The molecule has 0 unspecified atom stereocenters. The van der Waals surface area contributed by atoms with Gasteiger partial charge in [0.2, 0.25) is 15.9 Å². The number of nitrogens with one attached hydrogen (secondary N) is 2. The summed E-state index contributed by atoms with van der Waals surface area (Å²) in [7, 11) is -4.13. The topological polar surface area (TPSA) is 145 Å². The van der Waals surface area contributed by atoms with Crippen LogP contribution in [0.2, 0.25) is 0 Å². The molecule has 0 atom stereocenters. The zero-order chi connectivity index (χ0) is 25.2. The van der Waals surface area contributed by atoms with E-state index in [-0.39, 0.29) is 40.7 Å². The van der Waals surface area contributed by atoms with Crippen molar-refractivity contribution in [2.45, 2.75) is 44.0 Å². The van der Waals surface area contributed by atoms with Crippen molar-refractivity contribution in [3.05, 3.63) is 69.9 Å². The van der Waals surface area contributed by atoms with Crippen LogP contribution < -0.4 is 14.8 Å². The van der Waals surface area contributed by atoms with E-state index in [2.05, 4.69) is 15.1 Å². The van der Waals surface area contributed by atoms with Crippen LogP contribution >= 0.6 is 0 Å². The predicted octanol–water partition coefficient (Wildman–Crippen LogP) is 3.46. The SMILES string of the molecule is CCCNS(=O)(=O)c1cc([N+](=O)[O-])ccc1Oc1c(C)c(C(=O)NC2CC2)nn1-c1ccccc1. The van der Waals surface area contributed by atoms with E-state index in [0.717, 1.165) is 25.0 Å². The molecule has 1 heterocycles. The van der Waals surface area contributed by atoms with Gasteiger partial charge in [0.1, 0.15) is 10.6 Å². The number of nitrogens with zero attached hydrogens (tertiary/aromatic N) is 3. The molecule has 1 saturated carbocycles. The molecule has 1 aliphatic carbocycles. The van der Waals surface area contributed by atoms with Gasteiger partial charge in [-0.05, 0) is 44.4 Å². The van der Waals surface area contributed by atoms with Crippen molar-refractivity contribution in [2.24, 2.45) is 0 Å². The number of sulfonamides is 1. The zero-order valence-electron chi connectivity index (χ0n) is 19.2. The van der Waals surface area contributed by atoms with E-state index in [0.29, 0.717) is 17.7 Å². The van der Waals surface area contributed by atoms with Gasteiger partial charge in [-0.15, -0.1) is 0 Å². The summed E-state index contributed by atoms with van der Waals surface area (Å²) in [6.45, 7) is 3.60. The Kier molecular flexibility index (Phi) is 6.85. The second-order valence-corrected chi connectivity index (χ2v) is 9.90. The minimum atomic E-state index is -4.13. The van der Waals surface area contributed by atoms with Gasteiger partial charge in [0.15, 0.2) is 5.69 Å². The number of non-ortho nitro benzene ring substituents is 1. The molecule has 0 radical (unpaired) electrons. The normalized spacial score (nSPS) is 13.4. The number of carbonyl (C=O) groups is 1. The van der Waals surface area contributed by atoms with Crippen molar-refractivity contribution in [2.75, 3.05) is 6.54 Å². The highest BCUT2D eigenvalue weighted by Gasteiger charge is 2.30. The van der Waals surface area contributed by atoms with Gasteiger partial charge in [-0.25, -0.2) is 13.1 Å². The summed E-state index contributed by atoms with van der Waals surface area (Å²) in [4.78, 5) is 23.1. The van der Waals surface area contributed by atoms with E-state index in [1.54, 1.807) is 38.1 Å². The Labute approximate surface area is 202 Å². The van der Waals surface area contributed by atoms with Crippen molar-refractivity contribution in [3.63, 3.8) is 0 Å². The predicted molar refractivity (Wildman–Crippen MR) is 127 cm³/mol. The highest BCUT2D eigenvalue weighted by molar-refractivity contribution is 7.89. The molecule has 0 bridgehead atoms. The molecule has 1 aliphatic rings. The van der Waals surface area contributed by atoms with E-state index in [1.165, 1.54) is 10.7 Å². The number of nitro benzene ring substituents is 1. The van der Waals surface area contributed by atoms with Crippen molar-refractivity contribution < 1.29 is 22.9 Å². The van der Waals surface area contributed by atoms with Crippen molar-refractivity contribution >= 4 is 21.6 Å². The van der Waals surface area contributed by atoms with Crippen molar-refractivity contribution in [1.82, 2.24) is 19.8 Å². The van der Waals surface area contributed by atoms with Crippen LogP contribution in [0.5, 0.6) is 11.6 Å². The van der Waals surface area contributed by atoms with Gasteiger partial charge < -0.3 is 10.1 Å². The van der Waals surface area contributed by atoms with Crippen LogP contribution in [-0.2, 0) is 10.0 Å². The highest BCUT2D eigenvalue weighted by Crippen LogP contribution is 2.35. The maximum Gasteiger partial charge on any atom is 0.272 e. The third-order valence-electron chi connectivity index (χ3n) is 5.37. The molecule has 12 heteroatoms. The molecule has 35 heavy (non-hydrogen) atoms. The lowest BCUT2D eigenvalue weighted by molar-refractivity contribution is -0.385. The molecule has 4 rings (SSSR count). The molecule has 2 N–H and O–H groups in total. The molecular formula is C23H25N5O6S. The number of nitro groups is 1. The van der Waals surface area contributed by atoms with Crippen LogP contribution in [0.1, 0.15) is 42.2 Å². The summed E-state index contributed by atoms with van der Waals surface area (Å²) >= 11 is 0. The van der Waals surface area contributed by atoms with Gasteiger partial charge in [-0.2, -0.15) is 9.78 Å². The fourth-order valence-electron chi connectivity index (χ4n) is 3.36.